The lowest BCUT2D eigenvalue weighted by atomic mass is 10.1. The Bertz CT molecular complexity index is 439. The average Bonchev–Trinajstić information content (AvgIpc) is 2.62. The van der Waals surface area contributed by atoms with E-state index in [9.17, 15) is 4.79 Å². The molecule has 1 aromatic rings. The highest BCUT2D eigenvalue weighted by Gasteiger charge is 2.25. The van der Waals surface area contributed by atoms with E-state index in [1.54, 1.807) is 6.07 Å². The lowest BCUT2D eigenvalue weighted by molar-refractivity contribution is 0.0500. The topological polar surface area (TPSA) is 55.0 Å². The van der Waals surface area contributed by atoms with Gasteiger partial charge in [-0.1, -0.05) is 13.8 Å². The van der Waals surface area contributed by atoms with Crippen molar-refractivity contribution in [3.05, 3.63) is 27.9 Å². The molecule has 17 heavy (non-hydrogen) atoms. The summed E-state index contributed by atoms with van der Waals surface area (Å²) >= 11 is 0. The summed E-state index contributed by atoms with van der Waals surface area (Å²) in [6.07, 6.45) is 3.03. The van der Waals surface area contributed by atoms with Gasteiger partial charge in [-0.25, -0.2) is 4.98 Å². The molecule has 94 valence electrons. The third-order valence-corrected chi connectivity index (χ3v) is 2.97. The van der Waals surface area contributed by atoms with Crippen molar-refractivity contribution in [2.75, 3.05) is 0 Å². The molecular weight excluding hydrogens is 216 g/mol. The van der Waals surface area contributed by atoms with Crippen LogP contribution in [0.25, 0.3) is 0 Å². The Balaban J connectivity index is 2.22. The van der Waals surface area contributed by atoms with Crippen LogP contribution in [0.1, 0.15) is 51.2 Å². The first kappa shape index (κ1) is 12.3. The van der Waals surface area contributed by atoms with Crippen LogP contribution >= 0.6 is 0 Å². The minimum atomic E-state index is -0.0752. The van der Waals surface area contributed by atoms with Crippen LogP contribution < -0.4 is 5.56 Å². The third-order valence-electron chi connectivity index (χ3n) is 2.97. The Morgan fingerprint density at radius 3 is 2.88 bits per heavy atom. The summed E-state index contributed by atoms with van der Waals surface area (Å²) in [6, 6.07) is 1.59. The zero-order valence-electron chi connectivity index (χ0n) is 10.7. The molecule has 1 aliphatic heterocycles. The molecule has 1 saturated heterocycles. The molecule has 0 saturated carbocycles. The quantitative estimate of drug-likeness (QED) is 0.875. The van der Waals surface area contributed by atoms with Crippen LogP contribution in [0.4, 0.5) is 0 Å². The van der Waals surface area contributed by atoms with Crippen molar-refractivity contribution in [1.29, 1.82) is 0 Å². The van der Waals surface area contributed by atoms with Crippen molar-refractivity contribution in [1.82, 2.24) is 9.97 Å². The summed E-state index contributed by atoms with van der Waals surface area (Å²) in [5.41, 5.74) is 0.788. The van der Waals surface area contributed by atoms with Crippen LogP contribution in [-0.2, 0) is 11.2 Å². The number of nitrogens with one attached hydrogen (secondary N) is 1. The standard InChI is InChI=1S/C13H20N2O2/c1-8(2)6-10-7-12(16)15-13(14-10)11-5-4-9(3)17-11/h7-9,11H,4-6H2,1-3H3,(H,14,15,16). The SMILES string of the molecule is CC(C)Cc1cc(=O)[nH]c(C2CCC(C)O2)n1. The van der Waals surface area contributed by atoms with E-state index in [1.165, 1.54) is 0 Å². The highest BCUT2D eigenvalue weighted by Crippen LogP contribution is 2.29. The second-order valence-corrected chi connectivity index (χ2v) is 5.23. The molecule has 0 amide bonds. The van der Waals surface area contributed by atoms with E-state index < -0.39 is 0 Å². The zero-order valence-corrected chi connectivity index (χ0v) is 10.7. The Morgan fingerprint density at radius 2 is 2.29 bits per heavy atom. The van der Waals surface area contributed by atoms with E-state index in [0.29, 0.717) is 11.7 Å². The van der Waals surface area contributed by atoms with Crippen LogP contribution in [0.3, 0.4) is 0 Å². The first-order valence-electron chi connectivity index (χ1n) is 6.30. The first-order chi connectivity index (χ1) is 8.04. The summed E-state index contributed by atoms with van der Waals surface area (Å²) < 4.78 is 5.73. The van der Waals surface area contributed by atoms with Gasteiger partial charge >= 0.3 is 0 Å². The highest BCUT2D eigenvalue weighted by atomic mass is 16.5. The van der Waals surface area contributed by atoms with Crippen molar-refractivity contribution in [2.45, 2.75) is 52.2 Å². The fraction of sp³-hybridized carbons (Fsp3) is 0.692. The molecule has 0 bridgehead atoms. The highest BCUT2D eigenvalue weighted by molar-refractivity contribution is 5.06. The van der Waals surface area contributed by atoms with Gasteiger partial charge in [0, 0.05) is 11.8 Å². The Labute approximate surface area is 101 Å². The molecule has 2 rings (SSSR count). The van der Waals surface area contributed by atoms with Crippen LogP contribution in [-0.4, -0.2) is 16.1 Å². The summed E-state index contributed by atoms with van der Waals surface area (Å²) in [5.74, 6) is 1.19. The van der Waals surface area contributed by atoms with Crippen LogP contribution in [0.15, 0.2) is 10.9 Å². The molecule has 1 N–H and O–H groups in total. The fourth-order valence-corrected chi connectivity index (χ4v) is 2.21. The van der Waals surface area contributed by atoms with E-state index in [-0.39, 0.29) is 17.8 Å². The normalized spacial score (nSPS) is 24.5. The number of ether oxygens (including phenoxy) is 1. The van der Waals surface area contributed by atoms with E-state index in [2.05, 4.69) is 30.7 Å². The van der Waals surface area contributed by atoms with Gasteiger partial charge < -0.3 is 9.72 Å². The molecule has 4 heteroatoms. The summed E-state index contributed by atoms with van der Waals surface area (Å²) in [6.45, 7) is 6.30. The zero-order chi connectivity index (χ0) is 12.4. The molecular formula is C13H20N2O2. The van der Waals surface area contributed by atoms with Gasteiger partial charge in [0.05, 0.1) is 6.10 Å². The summed E-state index contributed by atoms with van der Waals surface area (Å²) in [5, 5.41) is 0. The molecule has 2 heterocycles. The van der Waals surface area contributed by atoms with Crippen molar-refractivity contribution >= 4 is 0 Å². The molecule has 1 aliphatic rings. The van der Waals surface area contributed by atoms with Crippen molar-refractivity contribution in [3.63, 3.8) is 0 Å². The lowest BCUT2D eigenvalue weighted by Crippen LogP contribution is -2.17. The maximum absolute atomic E-state index is 11.6. The molecule has 2 atom stereocenters. The second-order valence-electron chi connectivity index (χ2n) is 5.23. The van der Waals surface area contributed by atoms with Gasteiger partial charge in [0.25, 0.3) is 5.56 Å². The molecule has 0 spiro atoms. The van der Waals surface area contributed by atoms with Gasteiger partial charge in [-0.2, -0.15) is 0 Å². The van der Waals surface area contributed by atoms with Crippen LogP contribution in [0.2, 0.25) is 0 Å². The Kier molecular flexibility index (Phi) is 3.62. The second kappa shape index (κ2) is 5.00. The predicted molar refractivity (Wildman–Crippen MR) is 65.9 cm³/mol. The molecule has 0 aliphatic carbocycles. The molecule has 4 nitrogen and oxygen atoms in total. The number of nitrogens with zero attached hydrogens (tertiary/aromatic N) is 1. The third kappa shape index (κ3) is 3.16. The van der Waals surface area contributed by atoms with E-state index in [0.717, 1.165) is 25.0 Å². The van der Waals surface area contributed by atoms with E-state index in [1.807, 2.05) is 0 Å². The fourth-order valence-electron chi connectivity index (χ4n) is 2.21. The summed E-state index contributed by atoms with van der Waals surface area (Å²) in [7, 11) is 0. The van der Waals surface area contributed by atoms with Crippen molar-refractivity contribution < 1.29 is 4.74 Å². The molecule has 0 radical (unpaired) electrons. The first-order valence-corrected chi connectivity index (χ1v) is 6.30. The monoisotopic (exact) mass is 236 g/mol. The van der Waals surface area contributed by atoms with Crippen LogP contribution in [0, 0.1) is 5.92 Å². The Morgan fingerprint density at radius 1 is 1.53 bits per heavy atom. The van der Waals surface area contributed by atoms with Gasteiger partial charge in [0.2, 0.25) is 0 Å². The van der Waals surface area contributed by atoms with Gasteiger partial charge in [-0.15, -0.1) is 0 Å². The van der Waals surface area contributed by atoms with E-state index in [4.69, 9.17) is 4.74 Å². The molecule has 1 fully saturated rings. The number of rotatable bonds is 3. The van der Waals surface area contributed by atoms with E-state index >= 15 is 0 Å². The number of H-pyrrole nitrogens is 1. The van der Waals surface area contributed by atoms with Crippen LogP contribution in [0.5, 0.6) is 0 Å². The number of hydrogen-bond donors (Lipinski definition) is 1. The molecule has 2 unspecified atom stereocenters. The summed E-state index contributed by atoms with van der Waals surface area (Å²) in [4.78, 5) is 18.9. The van der Waals surface area contributed by atoms with Gasteiger partial charge in [0.1, 0.15) is 11.9 Å². The average molecular weight is 236 g/mol. The minimum absolute atomic E-state index is 0.0372. The predicted octanol–water partition coefficient (Wildman–Crippen LogP) is 2.21. The lowest BCUT2D eigenvalue weighted by Gasteiger charge is -2.12. The maximum atomic E-state index is 11.6. The van der Waals surface area contributed by atoms with Gasteiger partial charge in [-0.05, 0) is 32.1 Å². The molecule has 0 aromatic carbocycles. The minimum Gasteiger partial charge on any atom is -0.367 e. The molecule has 1 aromatic heterocycles. The number of hydrogen-bond acceptors (Lipinski definition) is 3. The van der Waals surface area contributed by atoms with Gasteiger partial charge in [0.15, 0.2) is 0 Å². The van der Waals surface area contributed by atoms with Crippen molar-refractivity contribution in [2.24, 2.45) is 5.92 Å². The van der Waals surface area contributed by atoms with Crippen molar-refractivity contribution in [3.8, 4) is 0 Å². The van der Waals surface area contributed by atoms with Gasteiger partial charge in [-0.3, -0.25) is 4.79 Å². The Hall–Kier alpha value is -1.16. The number of aromatic nitrogens is 2. The number of aromatic amines is 1. The maximum Gasteiger partial charge on any atom is 0.251 e. The largest absolute Gasteiger partial charge is 0.367 e. The smallest absolute Gasteiger partial charge is 0.251 e.